The van der Waals surface area contributed by atoms with Crippen LogP contribution < -0.4 is 10.6 Å². The Morgan fingerprint density at radius 3 is 2.69 bits per heavy atom. The van der Waals surface area contributed by atoms with Crippen molar-refractivity contribution < 1.29 is 5.11 Å². The fraction of sp³-hybridized carbons (Fsp3) is 0.318. The minimum absolute atomic E-state index is 0.175. The van der Waals surface area contributed by atoms with E-state index in [4.69, 9.17) is 11.6 Å². The third-order valence-electron chi connectivity index (χ3n) is 5.13. The Bertz CT molecular complexity index is 967. The highest BCUT2D eigenvalue weighted by Gasteiger charge is 2.20. The third-order valence-corrected chi connectivity index (χ3v) is 5.30. The SMILES string of the molecule is Oc1ccc2c(c1)CCC(Nc1nc(Cl)nc(NCCCc3ccccc3)n1)C2. The smallest absolute Gasteiger partial charge is 0.229 e. The summed E-state index contributed by atoms with van der Waals surface area (Å²) >= 11 is 6.10. The van der Waals surface area contributed by atoms with Crippen molar-refractivity contribution in [3.8, 4) is 5.75 Å². The maximum absolute atomic E-state index is 9.64. The molecule has 0 saturated carbocycles. The van der Waals surface area contributed by atoms with Crippen LogP contribution in [0, 0.1) is 0 Å². The highest BCUT2D eigenvalue weighted by atomic mass is 35.5. The van der Waals surface area contributed by atoms with E-state index in [1.807, 2.05) is 18.2 Å². The molecular weight excluding hydrogens is 386 g/mol. The van der Waals surface area contributed by atoms with Crippen LogP contribution in [0.1, 0.15) is 29.5 Å². The van der Waals surface area contributed by atoms with Gasteiger partial charge in [0.15, 0.2) is 0 Å². The molecule has 3 N–H and O–H groups in total. The number of benzene rings is 2. The van der Waals surface area contributed by atoms with Gasteiger partial charge < -0.3 is 15.7 Å². The van der Waals surface area contributed by atoms with Crippen LogP contribution in [0.25, 0.3) is 0 Å². The van der Waals surface area contributed by atoms with E-state index in [1.165, 1.54) is 16.7 Å². The number of aromatic hydroxyl groups is 1. The number of nitrogens with zero attached hydrogens (tertiary/aromatic N) is 3. The van der Waals surface area contributed by atoms with Crippen LogP contribution in [0.4, 0.5) is 11.9 Å². The molecule has 7 heteroatoms. The summed E-state index contributed by atoms with van der Waals surface area (Å²) < 4.78 is 0. The average Bonchev–Trinajstić information content (AvgIpc) is 2.72. The third kappa shape index (κ3) is 5.35. The summed E-state index contributed by atoms with van der Waals surface area (Å²) in [6.45, 7) is 0.759. The van der Waals surface area contributed by atoms with Crippen molar-refractivity contribution >= 4 is 23.5 Å². The van der Waals surface area contributed by atoms with Gasteiger partial charge in [-0.15, -0.1) is 0 Å². The van der Waals surface area contributed by atoms with Crippen LogP contribution >= 0.6 is 11.6 Å². The summed E-state index contributed by atoms with van der Waals surface area (Å²) in [4.78, 5) is 12.9. The minimum atomic E-state index is 0.175. The normalized spacial score (nSPS) is 15.6. The fourth-order valence-electron chi connectivity index (χ4n) is 3.68. The van der Waals surface area contributed by atoms with Gasteiger partial charge in [0.05, 0.1) is 0 Å². The molecule has 3 aromatic rings. The molecule has 1 unspecified atom stereocenters. The maximum atomic E-state index is 9.64. The Hall–Kier alpha value is -2.86. The molecule has 29 heavy (non-hydrogen) atoms. The molecule has 0 saturated heterocycles. The first-order valence-electron chi connectivity index (χ1n) is 9.92. The van der Waals surface area contributed by atoms with Crippen LogP contribution in [-0.4, -0.2) is 32.6 Å². The number of anilines is 2. The van der Waals surface area contributed by atoms with E-state index in [0.717, 1.165) is 38.6 Å². The molecule has 0 bridgehead atoms. The summed E-state index contributed by atoms with van der Waals surface area (Å²) in [5, 5.41) is 16.4. The van der Waals surface area contributed by atoms with Crippen LogP contribution in [-0.2, 0) is 19.3 Å². The maximum Gasteiger partial charge on any atom is 0.229 e. The molecule has 0 radical (unpaired) electrons. The molecule has 1 aliphatic carbocycles. The topological polar surface area (TPSA) is 83.0 Å². The largest absolute Gasteiger partial charge is 0.508 e. The fourth-order valence-corrected chi connectivity index (χ4v) is 3.84. The van der Waals surface area contributed by atoms with E-state index in [0.29, 0.717) is 17.6 Å². The minimum Gasteiger partial charge on any atom is -0.508 e. The number of nitrogens with one attached hydrogen (secondary N) is 2. The molecule has 0 spiro atoms. The van der Waals surface area contributed by atoms with Gasteiger partial charge in [0, 0.05) is 12.6 Å². The molecule has 4 rings (SSSR count). The Labute approximate surface area is 175 Å². The molecule has 6 nitrogen and oxygen atoms in total. The first-order chi connectivity index (χ1) is 14.2. The Kier molecular flexibility index (Phi) is 6.10. The molecule has 1 heterocycles. The number of rotatable bonds is 7. The molecule has 1 atom stereocenters. The monoisotopic (exact) mass is 409 g/mol. The molecule has 0 aliphatic heterocycles. The second-order valence-electron chi connectivity index (χ2n) is 7.30. The Balaban J connectivity index is 1.33. The number of hydrogen-bond acceptors (Lipinski definition) is 6. The van der Waals surface area contributed by atoms with E-state index < -0.39 is 0 Å². The van der Waals surface area contributed by atoms with Crippen LogP contribution in [0.3, 0.4) is 0 Å². The van der Waals surface area contributed by atoms with Crippen LogP contribution in [0.15, 0.2) is 48.5 Å². The zero-order valence-electron chi connectivity index (χ0n) is 16.1. The first-order valence-corrected chi connectivity index (χ1v) is 10.3. The van der Waals surface area contributed by atoms with Crippen molar-refractivity contribution in [3.63, 3.8) is 0 Å². The lowest BCUT2D eigenvalue weighted by Gasteiger charge is -2.25. The van der Waals surface area contributed by atoms with Gasteiger partial charge in [-0.1, -0.05) is 36.4 Å². The molecule has 2 aromatic carbocycles. The number of fused-ring (bicyclic) bond motifs is 1. The van der Waals surface area contributed by atoms with Gasteiger partial charge in [0.25, 0.3) is 0 Å². The predicted molar refractivity (Wildman–Crippen MR) is 116 cm³/mol. The number of halogens is 1. The van der Waals surface area contributed by atoms with Gasteiger partial charge in [0.2, 0.25) is 17.2 Å². The van der Waals surface area contributed by atoms with E-state index in [9.17, 15) is 5.11 Å². The van der Waals surface area contributed by atoms with Crippen LogP contribution in [0.5, 0.6) is 5.75 Å². The van der Waals surface area contributed by atoms with Crippen LogP contribution in [0.2, 0.25) is 5.28 Å². The van der Waals surface area contributed by atoms with Crippen molar-refractivity contribution in [1.29, 1.82) is 0 Å². The summed E-state index contributed by atoms with van der Waals surface area (Å²) in [5.41, 5.74) is 3.76. The zero-order valence-corrected chi connectivity index (χ0v) is 16.9. The predicted octanol–water partition coefficient (Wildman–Crippen LogP) is 4.24. The lowest BCUT2D eigenvalue weighted by Crippen LogP contribution is -2.28. The van der Waals surface area contributed by atoms with E-state index in [2.05, 4.69) is 49.9 Å². The second-order valence-corrected chi connectivity index (χ2v) is 7.64. The number of aryl methyl sites for hydroxylation is 2. The number of phenols is 1. The molecule has 150 valence electrons. The highest BCUT2D eigenvalue weighted by Crippen LogP contribution is 2.26. The van der Waals surface area contributed by atoms with Gasteiger partial charge in [-0.25, -0.2) is 0 Å². The van der Waals surface area contributed by atoms with E-state index in [1.54, 1.807) is 6.07 Å². The molecule has 0 fully saturated rings. The highest BCUT2D eigenvalue weighted by molar-refractivity contribution is 6.28. The van der Waals surface area contributed by atoms with E-state index >= 15 is 0 Å². The van der Waals surface area contributed by atoms with Crippen molar-refractivity contribution in [2.24, 2.45) is 0 Å². The van der Waals surface area contributed by atoms with Crippen molar-refractivity contribution in [2.45, 2.75) is 38.1 Å². The van der Waals surface area contributed by atoms with Crippen molar-refractivity contribution in [2.75, 3.05) is 17.2 Å². The summed E-state index contributed by atoms with van der Waals surface area (Å²) in [6.07, 6.45) is 4.68. The Morgan fingerprint density at radius 2 is 1.83 bits per heavy atom. The number of aromatic nitrogens is 3. The van der Waals surface area contributed by atoms with Gasteiger partial charge >= 0.3 is 0 Å². The lowest BCUT2D eigenvalue weighted by atomic mass is 9.88. The molecular formula is C22H24ClN5O. The summed E-state index contributed by atoms with van der Waals surface area (Å²) in [5.74, 6) is 1.30. The van der Waals surface area contributed by atoms with Crippen molar-refractivity contribution in [1.82, 2.24) is 15.0 Å². The zero-order chi connectivity index (χ0) is 20.1. The quantitative estimate of drug-likeness (QED) is 0.506. The van der Waals surface area contributed by atoms with Gasteiger partial charge in [0.1, 0.15) is 5.75 Å². The summed E-state index contributed by atoms with van der Waals surface area (Å²) in [6, 6.07) is 16.2. The molecule has 0 amide bonds. The van der Waals surface area contributed by atoms with Gasteiger partial charge in [-0.05, 0) is 72.5 Å². The van der Waals surface area contributed by atoms with Crippen molar-refractivity contribution in [3.05, 3.63) is 70.5 Å². The number of hydrogen-bond donors (Lipinski definition) is 3. The first kappa shape index (κ1) is 19.5. The van der Waals surface area contributed by atoms with Gasteiger partial charge in [-0.3, -0.25) is 0 Å². The number of phenolic OH excluding ortho intramolecular Hbond substituents is 1. The second kappa shape index (κ2) is 9.09. The van der Waals surface area contributed by atoms with Gasteiger partial charge in [-0.2, -0.15) is 15.0 Å². The lowest BCUT2D eigenvalue weighted by molar-refractivity contribution is 0.472. The average molecular weight is 410 g/mol. The molecule has 1 aliphatic rings. The molecule has 1 aromatic heterocycles. The standard InChI is InChI=1S/C22H24ClN5O/c23-20-26-21(24-12-4-7-15-5-2-1-3-6-15)28-22(27-20)25-18-10-8-17-14-19(29)11-9-16(17)13-18/h1-3,5-6,9,11,14,18,29H,4,7-8,10,12-13H2,(H2,24,25,26,27,28). The Morgan fingerprint density at radius 1 is 1.00 bits per heavy atom. The summed E-state index contributed by atoms with van der Waals surface area (Å²) in [7, 11) is 0. The van der Waals surface area contributed by atoms with E-state index in [-0.39, 0.29) is 11.3 Å².